The maximum Gasteiger partial charge on any atom is 0.259 e. The van der Waals surface area contributed by atoms with Crippen molar-refractivity contribution in [2.24, 2.45) is 0 Å². The van der Waals surface area contributed by atoms with Crippen molar-refractivity contribution in [1.82, 2.24) is 25.6 Å². The number of nitriles is 1. The quantitative estimate of drug-likeness (QED) is 0.638. The number of anilines is 1. The summed E-state index contributed by atoms with van der Waals surface area (Å²) in [5.74, 6) is 0.153. The minimum Gasteiger partial charge on any atom is -0.351 e. The lowest BCUT2D eigenvalue weighted by Crippen LogP contribution is -2.31. The van der Waals surface area contributed by atoms with Crippen LogP contribution in [0.25, 0.3) is 5.57 Å². The molecule has 0 atom stereocenters. The molecule has 9 nitrogen and oxygen atoms in total. The number of carbonyl (C=O) groups excluding carboxylic acids is 2. The Morgan fingerprint density at radius 2 is 1.94 bits per heavy atom. The molecule has 2 aliphatic heterocycles. The summed E-state index contributed by atoms with van der Waals surface area (Å²) < 4.78 is 0. The number of pyridine rings is 1. The highest BCUT2D eigenvalue weighted by molar-refractivity contribution is 6.07. The fourth-order valence-corrected chi connectivity index (χ4v) is 3.77. The van der Waals surface area contributed by atoms with Crippen LogP contribution in [0, 0.1) is 11.3 Å². The lowest BCUT2D eigenvalue weighted by atomic mass is 10.00. The monoisotopic (exact) mass is 469 g/mol. The zero-order valence-electron chi connectivity index (χ0n) is 19.9. The summed E-state index contributed by atoms with van der Waals surface area (Å²) in [6.07, 6.45) is 6.87. The molecule has 2 amide bonds. The number of aromatic nitrogens is 1. The van der Waals surface area contributed by atoms with Gasteiger partial charge in [-0.05, 0) is 56.1 Å². The maximum absolute atomic E-state index is 13.1. The first-order valence-corrected chi connectivity index (χ1v) is 11.2. The molecule has 0 radical (unpaired) electrons. The van der Waals surface area contributed by atoms with Gasteiger partial charge in [0.25, 0.3) is 11.8 Å². The number of fused-ring (bicyclic) bond motifs is 1. The van der Waals surface area contributed by atoms with Crippen LogP contribution in [-0.2, 0) is 4.79 Å². The highest BCUT2D eigenvalue weighted by Crippen LogP contribution is 2.30. The van der Waals surface area contributed by atoms with Gasteiger partial charge in [-0.3, -0.25) is 19.5 Å². The average Bonchev–Trinajstić information content (AvgIpc) is 3.31. The Hall–Kier alpha value is -4.26. The molecule has 0 aliphatic carbocycles. The molecular weight excluding hydrogens is 442 g/mol. The molecule has 0 spiro atoms. The molecule has 2 aromatic rings. The van der Waals surface area contributed by atoms with E-state index in [4.69, 9.17) is 5.26 Å². The number of rotatable bonds is 7. The van der Waals surface area contributed by atoms with Crippen molar-refractivity contribution < 1.29 is 9.59 Å². The number of hydrogen-bond acceptors (Lipinski definition) is 7. The Bertz CT molecular complexity index is 1250. The Balaban J connectivity index is 1.52. The van der Waals surface area contributed by atoms with E-state index in [1.54, 1.807) is 25.3 Å². The Morgan fingerprint density at radius 3 is 2.60 bits per heavy atom. The number of likely N-dealkylation sites (N-methyl/N-ethyl adjacent to an activating group) is 2. The number of hydrazine groups is 1. The normalized spacial score (nSPS) is 14.5. The van der Waals surface area contributed by atoms with E-state index < -0.39 is 0 Å². The molecule has 4 rings (SSSR count). The SMILES string of the molecule is CN(C)CCNC(=O)c1ccc(C2=C3C=C(C(=O)N(C)c4ccc(C#N)cn4)C=CN3NC2)cc1. The van der Waals surface area contributed by atoms with Gasteiger partial charge in [0, 0.05) is 55.8 Å². The fraction of sp³-hybridized carbons (Fsp3) is 0.231. The fourth-order valence-electron chi connectivity index (χ4n) is 3.77. The number of nitrogens with zero attached hydrogens (tertiary/aromatic N) is 5. The van der Waals surface area contributed by atoms with Crippen LogP contribution in [0.4, 0.5) is 5.82 Å². The number of allylic oxidation sites excluding steroid dienone is 1. The van der Waals surface area contributed by atoms with E-state index in [9.17, 15) is 9.59 Å². The van der Waals surface area contributed by atoms with Gasteiger partial charge in [0.1, 0.15) is 11.9 Å². The minimum absolute atomic E-state index is 0.102. The number of carbonyl (C=O) groups is 2. The second-order valence-corrected chi connectivity index (χ2v) is 8.50. The van der Waals surface area contributed by atoms with Crippen molar-refractivity contribution in [2.75, 3.05) is 45.7 Å². The van der Waals surface area contributed by atoms with Crippen molar-refractivity contribution in [3.63, 3.8) is 0 Å². The lowest BCUT2D eigenvalue weighted by molar-refractivity contribution is -0.114. The molecule has 1 aromatic carbocycles. The van der Waals surface area contributed by atoms with Crippen molar-refractivity contribution in [3.8, 4) is 6.07 Å². The molecule has 1 aromatic heterocycles. The maximum atomic E-state index is 13.1. The van der Waals surface area contributed by atoms with E-state index in [1.165, 1.54) is 11.1 Å². The van der Waals surface area contributed by atoms with Crippen LogP contribution in [0.5, 0.6) is 0 Å². The number of amides is 2. The van der Waals surface area contributed by atoms with E-state index >= 15 is 0 Å². The van der Waals surface area contributed by atoms with E-state index in [-0.39, 0.29) is 11.8 Å². The molecule has 0 unspecified atom stereocenters. The molecule has 9 heteroatoms. The molecule has 0 fully saturated rings. The lowest BCUT2D eigenvalue weighted by Gasteiger charge is -2.23. The van der Waals surface area contributed by atoms with Crippen LogP contribution in [0.15, 0.2) is 72.2 Å². The van der Waals surface area contributed by atoms with E-state index in [2.05, 4.69) is 15.7 Å². The first kappa shape index (κ1) is 23.9. The van der Waals surface area contributed by atoms with Crippen molar-refractivity contribution >= 4 is 23.2 Å². The van der Waals surface area contributed by atoms with Crippen molar-refractivity contribution in [3.05, 3.63) is 88.9 Å². The van der Waals surface area contributed by atoms with Gasteiger partial charge in [0.15, 0.2) is 0 Å². The summed E-state index contributed by atoms with van der Waals surface area (Å²) >= 11 is 0. The van der Waals surface area contributed by atoms with Gasteiger partial charge >= 0.3 is 0 Å². The Morgan fingerprint density at radius 1 is 1.17 bits per heavy atom. The smallest absolute Gasteiger partial charge is 0.259 e. The van der Waals surface area contributed by atoms with Crippen LogP contribution >= 0.6 is 0 Å². The molecule has 0 saturated carbocycles. The van der Waals surface area contributed by atoms with Gasteiger partial charge in [0.2, 0.25) is 0 Å². The van der Waals surface area contributed by atoms with Gasteiger partial charge in [-0.25, -0.2) is 10.4 Å². The van der Waals surface area contributed by atoms with Crippen molar-refractivity contribution in [1.29, 1.82) is 5.26 Å². The van der Waals surface area contributed by atoms with Crippen molar-refractivity contribution in [2.45, 2.75) is 0 Å². The molecule has 0 bridgehead atoms. The summed E-state index contributed by atoms with van der Waals surface area (Å²) in [5.41, 5.74) is 7.72. The predicted molar refractivity (Wildman–Crippen MR) is 134 cm³/mol. The highest BCUT2D eigenvalue weighted by Gasteiger charge is 2.26. The second-order valence-electron chi connectivity index (χ2n) is 8.50. The summed E-state index contributed by atoms with van der Waals surface area (Å²) in [4.78, 5) is 33.2. The number of benzene rings is 1. The standard InChI is InChI=1S/C26H27N7O2/c1-31(2)13-11-28-25(34)20-7-5-19(6-8-20)22-17-30-33-12-10-21(14-23(22)33)26(35)32(3)24-9-4-18(15-27)16-29-24/h4-10,12,14,16,30H,11,13,17H2,1-3H3,(H,28,34). The van der Waals surface area contributed by atoms with Crippen LogP contribution in [-0.4, -0.2) is 67.5 Å². The van der Waals surface area contributed by atoms with Crippen LogP contribution in [0.1, 0.15) is 21.5 Å². The second kappa shape index (κ2) is 10.3. The van der Waals surface area contributed by atoms with Gasteiger partial charge < -0.3 is 10.2 Å². The minimum atomic E-state index is -0.207. The first-order valence-electron chi connectivity index (χ1n) is 11.2. The molecule has 3 heterocycles. The Kier molecular flexibility index (Phi) is 7.06. The zero-order valence-corrected chi connectivity index (χ0v) is 19.9. The van der Waals surface area contributed by atoms with Gasteiger partial charge in [0.05, 0.1) is 11.3 Å². The Labute approximate surface area is 204 Å². The number of nitrogens with one attached hydrogen (secondary N) is 2. The largest absolute Gasteiger partial charge is 0.351 e. The molecule has 0 saturated heterocycles. The summed E-state index contributed by atoms with van der Waals surface area (Å²) in [6.45, 7) is 1.96. The van der Waals surface area contributed by atoms with Crippen LogP contribution in [0.3, 0.4) is 0 Å². The third-order valence-corrected chi connectivity index (χ3v) is 5.80. The third kappa shape index (κ3) is 5.30. The average molecular weight is 470 g/mol. The molecule has 2 N–H and O–H groups in total. The summed E-state index contributed by atoms with van der Waals surface area (Å²) in [5, 5.41) is 13.8. The molecule has 2 aliphatic rings. The topological polar surface area (TPSA) is 105 Å². The van der Waals surface area contributed by atoms with Gasteiger partial charge in [-0.1, -0.05) is 12.1 Å². The van der Waals surface area contributed by atoms with Crippen LogP contribution in [0.2, 0.25) is 0 Å². The van der Waals surface area contributed by atoms with E-state index in [1.807, 2.05) is 66.6 Å². The molecular formula is C26H27N7O2. The van der Waals surface area contributed by atoms with Gasteiger partial charge in [-0.15, -0.1) is 0 Å². The van der Waals surface area contributed by atoms with E-state index in [0.717, 1.165) is 23.4 Å². The molecule has 178 valence electrons. The predicted octanol–water partition coefficient (Wildman–Crippen LogP) is 1.89. The van der Waals surface area contributed by atoms with Gasteiger partial charge in [-0.2, -0.15) is 5.26 Å². The summed E-state index contributed by atoms with van der Waals surface area (Å²) in [6, 6.07) is 12.8. The number of hydrogen-bond donors (Lipinski definition) is 2. The van der Waals surface area contributed by atoms with E-state index in [0.29, 0.717) is 35.6 Å². The first-order chi connectivity index (χ1) is 16.9. The molecule has 35 heavy (non-hydrogen) atoms. The third-order valence-electron chi connectivity index (χ3n) is 5.80. The zero-order chi connectivity index (χ0) is 24.9. The highest BCUT2D eigenvalue weighted by atomic mass is 16.2. The van der Waals surface area contributed by atoms with Crippen LogP contribution < -0.4 is 15.6 Å². The summed E-state index contributed by atoms with van der Waals surface area (Å²) in [7, 11) is 5.58.